The van der Waals surface area contributed by atoms with E-state index in [9.17, 15) is 8.42 Å². The summed E-state index contributed by atoms with van der Waals surface area (Å²) in [6, 6.07) is 6.29. The monoisotopic (exact) mass is 268 g/mol. The topological polar surface area (TPSA) is 57.6 Å². The molecule has 0 unspecified atom stereocenters. The normalized spacial score (nSPS) is 10.7. The van der Waals surface area contributed by atoms with Crippen LogP contribution in [0, 0.1) is 0 Å². The average molecular weight is 268 g/mol. The van der Waals surface area contributed by atoms with E-state index in [4.69, 9.17) is 4.55 Å². The maximum absolute atomic E-state index is 10.9. The summed E-state index contributed by atoms with van der Waals surface area (Å²) in [7, 11) is -4.10. The third-order valence-electron chi connectivity index (χ3n) is 2.24. The minimum atomic E-state index is -4.10. The van der Waals surface area contributed by atoms with Gasteiger partial charge in [0.25, 0.3) is 10.1 Å². The molecule has 0 saturated heterocycles. The van der Waals surface area contributed by atoms with Crippen molar-refractivity contribution < 1.29 is 13.0 Å². The Morgan fingerprint density at radius 2 is 1.81 bits per heavy atom. The van der Waals surface area contributed by atoms with Crippen molar-refractivity contribution in [2.24, 2.45) is 0 Å². The fraction of sp³-hybridized carbons (Fsp3) is 0.400. The van der Waals surface area contributed by atoms with Crippen molar-refractivity contribution in [2.75, 3.05) is 18.0 Å². The van der Waals surface area contributed by atoms with Gasteiger partial charge in [-0.15, -0.1) is 0 Å². The van der Waals surface area contributed by atoms with Crippen molar-refractivity contribution in [3.63, 3.8) is 0 Å². The summed E-state index contributed by atoms with van der Waals surface area (Å²) in [5.41, 5.74) is 0.801. The van der Waals surface area contributed by atoms with Crippen LogP contribution < -0.4 is 4.90 Å². The van der Waals surface area contributed by atoms with Crippen molar-refractivity contribution in [3.05, 3.63) is 24.3 Å². The quantitative estimate of drug-likeness (QED) is 0.662. The first-order valence-corrected chi connectivity index (χ1v) is 6.25. The van der Waals surface area contributed by atoms with Gasteiger partial charge in [0.15, 0.2) is 0 Å². The Hall–Kier alpha value is 0.566. The van der Waals surface area contributed by atoms with Crippen LogP contribution in [0.25, 0.3) is 0 Å². The third-order valence-corrected chi connectivity index (χ3v) is 3.09. The maximum atomic E-state index is 10.9. The zero-order valence-corrected chi connectivity index (χ0v) is 13.8. The van der Waals surface area contributed by atoms with E-state index < -0.39 is 10.1 Å². The van der Waals surface area contributed by atoms with E-state index in [1.165, 1.54) is 12.1 Å². The van der Waals surface area contributed by atoms with Gasteiger partial charge in [-0.2, -0.15) is 8.42 Å². The van der Waals surface area contributed by atoms with E-state index in [0.717, 1.165) is 18.8 Å². The van der Waals surface area contributed by atoms with Crippen LogP contribution in [0.3, 0.4) is 0 Å². The van der Waals surface area contributed by atoms with Crippen LogP contribution in [0.15, 0.2) is 29.2 Å². The van der Waals surface area contributed by atoms with Gasteiger partial charge in [-0.1, -0.05) is 6.07 Å². The van der Waals surface area contributed by atoms with E-state index in [1.54, 1.807) is 6.07 Å². The first kappa shape index (κ1) is 16.6. The summed E-state index contributed by atoms with van der Waals surface area (Å²) in [4.78, 5) is 1.95. The van der Waals surface area contributed by atoms with Crippen molar-refractivity contribution >= 4 is 67.2 Å². The molecule has 4 nitrogen and oxygen atoms in total. The molecule has 0 amide bonds. The van der Waals surface area contributed by atoms with Crippen LogP contribution in [-0.4, -0.2) is 77.4 Å². The third kappa shape index (κ3) is 4.44. The molecule has 1 radical (unpaired) electrons. The molecule has 0 aliphatic rings. The van der Waals surface area contributed by atoms with E-state index in [1.807, 2.05) is 24.8 Å². The Morgan fingerprint density at radius 3 is 2.25 bits per heavy atom. The molecule has 0 aliphatic carbocycles. The molecule has 0 aromatic heterocycles. The first-order valence-electron chi connectivity index (χ1n) is 4.81. The van der Waals surface area contributed by atoms with E-state index in [2.05, 4.69) is 0 Å². The van der Waals surface area contributed by atoms with Crippen molar-refractivity contribution in [3.8, 4) is 0 Å². The predicted molar refractivity (Wildman–Crippen MR) is 65.6 cm³/mol. The Labute approximate surface area is 139 Å². The molecule has 1 aromatic carbocycles. The second-order valence-electron chi connectivity index (χ2n) is 3.14. The number of hydrogen-bond donors (Lipinski definition) is 1. The summed E-state index contributed by atoms with van der Waals surface area (Å²) in [6.45, 7) is 5.57. The van der Waals surface area contributed by atoms with Gasteiger partial charge in [0, 0.05) is 70.2 Å². The van der Waals surface area contributed by atoms with Gasteiger partial charge < -0.3 is 4.90 Å². The van der Waals surface area contributed by atoms with Crippen LogP contribution in [-0.2, 0) is 10.1 Å². The van der Waals surface area contributed by atoms with Crippen LogP contribution in [0.2, 0.25) is 0 Å². The number of rotatable bonds is 4. The summed E-state index contributed by atoms with van der Waals surface area (Å²) in [6.07, 6.45) is 0. The summed E-state index contributed by atoms with van der Waals surface area (Å²) < 4.78 is 30.7. The van der Waals surface area contributed by atoms with Crippen molar-refractivity contribution in [1.29, 1.82) is 0 Å². The Morgan fingerprint density at radius 1 is 1.25 bits per heavy atom. The second-order valence-corrected chi connectivity index (χ2v) is 4.57. The Bertz CT molecular complexity index is 429. The molecule has 1 rings (SSSR count). The summed E-state index contributed by atoms with van der Waals surface area (Å²) >= 11 is 0. The zero-order chi connectivity index (χ0) is 11.5. The smallest absolute Gasteiger partial charge is 0.294 e. The molecule has 0 saturated carbocycles. The number of anilines is 1. The maximum Gasteiger partial charge on any atom is 0.294 e. The molecule has 0 atom stereocenters. The van der Waals surface area contributed by atoms with Gasteiger partial charge in [0.2, 0.25) is 0 Å². The molecule has 0 aliphatic heterocycles. The largest absolute Gasteiger partial charge is 0.372 e. The molecular formula is C10H15KNO3S. The van der Waals surface area contributed by atoms with E-state index in [0.29, 0.717) is 0 Å². The number of benzene rings is 1. The van der Waals surface area contributed by atoms with Gasteiger partial charge in [-0.3, -0.25) is 4.55 Å². The zero-order valence-electron chi connectivity index (χ0n) is 9.84. The molecule has 0 spiro atoms. The average Bonchev–Trinajstić information content (AvgIpc) is 2.19. The van der Waals surface area contributed by atoms with Gasteiger partial charge in [0.05, 0.1) is 4.90 Å². The first-order chi connectivity index (χ1) is 6.99. The molecule has 6 heteroatoms. The van der Waals surface area contributed by atoms with Gasteiger partial charge >= 0.3 is 0 Å². The fourth-order valence-corrected chi connectivity index (χ4v) is 1.95. The molecule has 0 heterocycles. The number of nitrogens with zero attached hydrogens (tertiary/aromatic N) is 1. The SMILES string of the molecule is CCN(CC)c1cccc(S(=O)(=O)O)c1.[K]. The summed E-state index contributed by atoms with van der Waals surface area (Å²) in [5.74, 6) is 0. The molecule has 0 bridgehead atoms. The molecule has 1 aromatic rings. The fourth-order valence-electron chi connectivity index (χ4n) is 1.43. The number of hydrogen-bond acceptors (Lipinski definition) is 3. The van der Waals surface area contributed by atoms with Crippen LogP contribution in [0.4, 0.5) is 5.69 Å². The summed E-state index contributed by atoms with van der Waals surface area (Å²) in [5, 5.41) is 0. The van der Waals surface area contributed by atoms with Crippen LogP contribution in [0.1, 0.15) is 13.8 Å². The van der Waals surface area contributed by atoms with Crippen molar-refractivity contribution in [1.82, 2.24) is 0 Å². The standard InChI is InChI=1S/C10H15NO3S.K/c1-3-11(4-2)9-6-5-7-10(8-9)15(12,13)14;/h5-8H,3-4H2,1-2H3,(H,12,13,14);. The molecular weight excluding hydrogens is 253 g/mol. The Balaban J connectivity index is 0.00000225. The van der Waals surface area contributed by atoms with Gasteiger partial charge in [-0.25, -0.2) is 0 Å². The predicted octanol–water partition coefficient (Wildman–Crippen LogP) is 1.40. The van der Waals surface area contributed by atoms with Gasteiger partial charge in [-0.05, 0) is 32.0 Å². The van der Waals surface area contributed by atoms with Crippen molar-refractivity contribution in [2.45, 2.75) is 18.7 Å². The van der Waals surface area contributed by atoms with E-state index >= 15 is 0 Å². The minimum absolute atomic E-state index is 0. The Kier molecular flexibility index (Phi) is 7.35. The second kappa shape index (κ2) is 7.10. The molecule has 0 fully saturated rings. The van der Waals surface area contributed by atoms with Crippen LogP contribution >= 0.6 is 0 Å². The van der Waals surface area contributed by atoms with E-state index in [-0.39, 0.29) is 56.3 Å². The minimum Gasteiger partial charge on any atom is -0.372 e. The van der Waals surface area contributed by atoms with Crippen LogP contribution in [0.5, 0.6) is 0 Å². The van der Waals surface area contributed by atoms with Gasteiger partial charge in [0.1, 0.15) is 0 Å². The molecule has 85 valence electrons. The molecule has 16 heavy (non-hydrogen) atoms. The molecule has 1 N–H and O–H groups in total.